The molecule has 4 rings (SSSR count). The molecule has 35 heavy (non-hydrogen) atoms. The molecule has 0 unspecified atom stereocenters. The molecule has 0 bridgehead atoms. The summed E-state index contributed by atoms with van der Waals surface area (Å²) in [4.78, 5) is 43.4. The van der Waals surface area contributed by atoms with Gasteiger partial charge in [-0.15, -0.1) is 0 Å². The minimum absolute atomic E-state index is 0.211. The van der Waals surface area contributed by atoms with Crippen LogP contribution in [0.25, 0.3) is 0 Å². The van der Waals surface area contributed by atoms with Crippen molar-refractivity contribution in [1.82, 2.24) is 4.90 Å². The Morgan fingerprint density at radius 2 is 1.57 bits per heavy atom. The van der Waals surface area contributed by atoms with Gasteiger partial charge in [0, 0.05) is 16.4 Å². The van der Waals surface area contributed by atoms with Crippen LogP contribution in [-0.4, -0.2) is 34.8 Å². The van der Waals surface area contributed by atoms with Crippen LogP contribution in [-0.2, 0) is 9.59 Å². The maximum atomic E-state index is 13.8. The van der Waals surface area contributed by atoms with Crippen LogP contribution in [0.15, 0.2) is 42.5 Å². The van der Waals surface area contributed by atoms with Gasteiger partial charge in [0.2, 0.25) is 5.91 Å². The Bertz CT molecular complexity index is 1110. The third kappa shape index (κ3) is 4.68. The van der Waals surface area contributed by atoms with Gasteiger partial charge >= 0.3 is 6.03 Å². The highest BCUT2D eigenvalue weighted by molar-refractivity contribution is 6.31. The smallest absolute Gasteiger partial charge is 0.324 e. The molecule has 6 nitrogen and oxygen atoms in total. The lowest BCUT2D eigenvalue weighted by Crippen LogP contribution is -2.51. The van der Waals surface area contributed by atoms with Crippen LogP contribution in [0.2, 0.25) is 5.02 Å². The molecular formula is C28H34ClN3O3. The first kappa shape index (κ1) is 25.2. The molecule has 0 atom stereocenters. The van der Waals surface area contributed by atoms with Gasteiger partial charge in [-0.25, -0.2) is 4.79 Å². The van der Waals surface area contributed by atoms with E-state index in [4.69, 9.17) is 11.6 Å². The van der Waals surface area contributed by atoms with Gasteiger partial charge in [0.05, 0.1) is 0 Å². The summed E-state index contributed by atoms with van der Waals surface area (Å²) in [7, 11) is 0. The van der Waals surface area contributed by atoms with E-state index < -0.39 is 11.6 Å². The monoisotopic (exact) mass is 495 g/mol. The number of carbonyl (C=O) groups excluding carboxylic acids is 3. The SMILES string of the molecule is CC(C)c1cccc(C(C)C)c1NC(=O)CN1C(=O)N(c2cccc(Cl)c2)C2(CCCCC2)C1=O. The number of amides is 4. The number of halogens is 1. The summed E-state index contributed by atoms with van der Waals surface area (Å²) in [5, 5.41) is 3.54. The lowest BCUT2D eigenvalue weighted by atomic mass is 9.80. The second-order valence-corrected chi connectivity index (χ2v) is 10.7. The Morgan fingerprint density at radius 1 is 0.971 bits per heavy atom. The summed E-state index contributed by atoms with van der Waals surface area (Å²) in [6, 6.07) is 12.6. The second-order valence-electron chi connectivity index (χ2n) is 10.3. The Morgan fingerprint density at radius 3 is 2.14 bits per heavy atom. The van der Waals surface area contributed by atoms with Crippen LogP contribution in [0.1, 0.15) is 82.8 Å². The molecule has 1 aliphatic carbocycles. The molecular weight excluding hydrogens is 462 g/mol. The topological polar surface area (TPSA) is 69.7 Å². The average Bonchev–Trinajstić information content (AvgIpc) is 3.00. The minimum atomic E-state index is -0.959. The van der Waals surface area contributed by atoms with Crippen molar-refractivity contribution in [2.45, 2.75) is 77.2 Å². The van der Waals surface area contributed by atoms with Gasteiger partial charge in [-0.2, -0.15) is 0 Å². The third-order valence-corrected chi connectivity index (χ3v) is 7.41. The minimum Gasteiger partial charge on any atom is -0.324 e. The van der Waals surface area contributed by atoms with Gasteiger partial charge in [-0.3, -0.25) is 19.4 Å². The number of hydrogen-bond acceptors (Lipinski definition) is 3. The molecule has 1 heterocycles. The number of imide groups is 1. The lowest BCUT2D eigenvalue weighted by Gasteiger charge is -2.38. The first-order valence-electron chi connectivity index (χ1n) is 12.5. The number of benzene rings is 2. The van der Waals surface area contributed by atoms with Gasteiger partial charge in [0.15, 0.2) is 0 Å². The van der Waals surface area contributed by atoms with E-state index in [0.717, 1.165) is 41.0 Å². The molecule has 1 N–H and O–H groups in total. The van der Waals surface area contributed by atoms with Gasteiger partial charge in [0.1, 0.15) is 12.1 Å². The molecule has 2 aromatic carbocycles. The van der Waals surface area contributed by atoms with E-state index in [2.05, 4.69) is 33.0 Å². The number of para-hydroxylation sites is 1. The zero-order valence-corrected chi connectivity index (χ0v) is 21.7. The fourth-order valence-electron chi connectivity index (χ4n) is 5.44. The molecule has 1 aliphatic heterocycles. The van der Waals surface area contributed by atoms with Crippen LogP contribution in [0.3, 0.4) is 0 Å². The quantitative estimate of drug-likeness (QED) is 0.453. The predicted molar refractivity (Wildman–Crippen MR) is 140 cm³/mol. The van der Waals surface area contributed by atoms with Crippen molar-refractivity contribution in [2.75, 3.05) is 16.8 Å². The van der Waals surface area contributed by atoms with Gasteiger partial charge in [-0.05, 0) is 54.0 Å². The molecule has 1 spiro atoms. The van der Waals surface area contributed by atoms with Gasteiger partial charge < -0.3 is 5.32 Å². The van der Waals surface area contributed by atoms with E-state index in [1.807, 2.05) is 18.2 Å². The summed E-state index contributed by atoms with van der Waals surface area (Å²) in [6.45, 7) is 8.01. The highest BCUT2D eigenvalue weighted by atomic mass is 35.5. The molecule has 0 radical (unpaired) electrons. The first-order chi connectivity index (χ1) is 16.7. The zero-order valence-electron chi connectivity index (χ0n) is 20.9. The Hall–Kier alpha value is -2.86. The summed E-state index contributed by atoms with van der Waals surface area (Å²) in [5.41, 5.74) is 2.48. The van der Waals surface area contributed by atoms with Crippen molar-refractivity contribution >= 4 is 40.8 Å². The fraction of sp³-hybridized carbons (Fsp3) is 0.464. The lowest BCUT2D eigenvalue weighted by molar-refractivity contribution is -0.134. The standard InChI is InChI=1S/C28H34ClN3O3/c1-18(2)22-12-9-13-23(19(3)4)25(22)30-24(33)17-31-26(34)28(14-6-5-7-15-28)32(27(31)35)21-11-8-10-20(29)16-21/h8-13,16,18-19H,5-7,14-15,17H2,1-4H3,(H,30,33). The second kappa shape index (κ2) is 10.0. The van der Waals surface area contributed by atoms with Crippen molar-refractivity contribution in [2.24, 2.45) is 0 Å². The summed E-state index contributed by atoms with van der Waals surface area (Å²) < 4.78 is 0. The summed E-state index contributed by atoms with van der Waals surface area (Å²) in [5.74, 6) is -0.245. The summed E-state index contributed by atoms with van der Waals surface area (Å²) >= 11 is 6.23. The first-order valence-corrected chi connectivity index (χ1v) is 12.9. The average molecular weight is 496 g/mol. The third-order valence-electron chi connectivity index (χ3n) is 7.18. The maximum Gasteiger partial charge on any atom is 0.332 e. The van der Waals surface area contributed by atoms with Crippen molar-refractivity contribution in [3.05, 3.63) is 58.6 Å². The van der Waals surface area contributed by atoms with Crippen molar-refractivity contribution in [3.8, 4) is 0 Å². The highest BCUT2D eigenvalue weighted by Crippen LogP contribution is 2.43. The number of nitrogens with zero attached hydrogens (tertiary/aromatic N) is 2. The molecule has 1 saturated heterocycles. The van der Waals surface area contributed by atoms with Crippen LogP contribution < -0.4 is 10.2 Å². The van der Waals surface area contributed by atoms with Gasteiger partial charge in [0.25, 0.3) is 5.91 Å². The number of urea groups is 1. The van der Waals surface area contributed by atoms with E-state index in [1.54, 1.807) is 29.2 Å². The molecule has 7 heteroatoms. The van der Waals surface area contributed by atoms with E-state index in [0.29, 0.717) is 23.6 Å². The molecule has 2 aliphatic rings. The maximum absolute atomic E-state index is 13.8. The Balaban J connectivity index is 1.65. The number of hydrogen-bond donors (Lipinski definition) is 1. The van der Waals surface area contributed by atoms with Crippen LogP contribution in [0.5, 0.6) is 0 Å². The molecule has 0 aromatic heterocycles. The molecule has 4 amide bonds. The number of carbonyl (C=O) groups is 3. The van der Waals surface area contributed by atoms with Crippen LogP contribution in [0, 0.1) is 0 Å². The normalized spacial score (nSPS) is 17.7. The molecule has 2 fully saturated rings. The number of nitrogens with one attached hydrogen (secondary N) is 1. The van der Waals surface area contributed by atoms with Crippen LogP contribution in [0.4, 0.5) is 16.2 Å². The van der Waals surface area contributed by atoms with Crippen molar-refractivity contribution in [1.29, 1.82) is 0 Å². The van der Waals surface area contributed by atoms with E-state index in [1.165, 1.54) is 0 Å². The van der Waals surface area contributed by atoms with Gasteiger partial charge in [-0.1, -0.05) is 82.8 Å². The molecule has 1 saturated carbocycles. The zero-order chi connectivity index (χ0) is 25.3. The summed E-state index contributed by atoms with van der Waals surface area (Å²) in [6.07, 6.45) is 3.90. The van der Waals surface area contributed by atoms with E-state index in [-0.39, 0.29) is 30.2 Å². The van der Waals surface area contributed by atoms with E-state index >= 15 is 0 Å². The Kier molecular flexibility index (Phi) is 7.22. The largest absolute Gasteiger partial charge is 0.332 e. The predicted octanol–water partition coefficient (Wildman–Crippen LogP) is 6.70. The number of rotatable bonds is 6. The Labute approximate surface area is 212 Å². The van der Waals surface area contributed by atoms with Crippen LogP contribution >= 0.6 is 11.6 Å². The highest BCUT2D eigenvalue weighted by Gasteiger charge is 2.58. The van der Waals surface area contributed by atoms with Crippen molar-refractivity contribution in [3.63, 3.8) is 0 Å². The van der Waals surface area contributed by atoms with E-state index in [9.17, 15) is 14.4 Å². The number of anilines is 2. The molecule has 186 valence electrons. The molecule has 2 aromatic rings. The van der Waals surface area contributed by atoms with Crippen molar-refractivity contribution < 1.29 is 14.4 Å². The fourth-order valence-corrected chi connectivity index (χ4v) is 5.63.